The van der Waals surface area contributed by atoms with E-state index < -0.39 is 21.8 Å². The number of rotatable bonds is 9. The van der Waals surface area contributed by atoms with Gasteiger partial charge < -0.3 is 0 Å². The predicted molar refractivity (Wildman–Crippen MR) is 153 cm³/mol. The van der Waals surface area contributed by atoms with E-state index in [0.717, 1.165) is 32.0 Å². The van der Waals surface area contributed by atoms with Crippen molar-refractivity contribution in [3.8, 4) is 6.07 Å². The molecule has 0 saturated carbocycles. The molecule has 7 heteroatoms. The molecule has 0 aromatic heterocycles. The van der Waals surface area contributed by atoms with Crippen molar-refractivity contribution < 1.29 is 8.42 Å². The SMILES string of the molecule is CS[C@@H](c1ccccc1S(=O)c1ccc(C)cc1)[C@H](NS(=O)c1ccc(C)cc1)c1ccc(C#N)cc1. The van der Waals surface area contributed by atoms with Gasteiger partial charge in [0.2, 0.25) is 0 Å². The van der Waals surface area contributed by atoms with Crippen LogP contribution in [0.25, 0.3) is 0 Å². The van der Waals surface area contributed by atoms with Crippen molar-refractivity contribution in [1.29, 1.82) is 5.26 Å². The van der Waals surface area contributed by atoms with E-state index in [1.54, 1.807) is 23.9 Å². The normalized spacial score (nSPS) is 14.3. The van der Waals surface area contributed by atoms with Crippen molar-refractivity contribution in [3.05, 3.63) is 125 Å². The lowest BCUT2D eigenvalue weighted by Gasteiger charge is -2.29. The topological polar surface area (TPSA) is 70.0 Å². The minimum absolute atomic E-state index is 0.201. The summed E-state index contributed by atoms with van der Waals surface area (Å²) in [5.41, 5.74) is 4.58. The maximum atomic E-state index is 13.7. The van der Waals surface area contributed by atoms with E-state index in [1.807, 2.05) is 105 Å². The first-order chi connectivity index (χ1) is 17.9. The summed E-state index contributed by atoms with van der Waals surface area (Å²) in [6.45, 7) is 4.00. The number of nitrogens with one attached hydrogen (secondary N) is 1. The predicted octanol–water partition coefficient (Wildman–Crippen LogP) is 6.80. The number of thioether (sulfide) groups is 1. The van der Waals surface area contributed by atoms with Crippen LogP contribution in [0.5, 0.6) is 0 Å². The molecule has 4 nitrogen and oxygen atoms in total. The molecule has 4 aromatic rings. The van der Waals surface area contributed by atoms with E-state index in [2.05, 4.69) is 10.8 Å². The Labute approximate surface area is 228 Å². The Bertz CT molecular complexity index is 1440. The Hall–Kier alpha value is -3.02. The first-order valence-corrected chi connectivity index (χ1v) is 15.3. The van der Waals surface area contributed by atoms with Gasteiger partial charge in [0.05, 0.1) is 38.6 Å². The van der Waals surface area contributed by atoms with Gasteiger partial charge in [-0.15, -0.1) is 0 Å². The second-order valence-electron chi connectivity index (χ2n) is 8.69. The van der Waals surface area contributed by atoms with Gasteiger partial charge in [0, 0.05) is 9.79 Å². The van der Waals surface area contributed by atoms with Gasteiger partial charge in [-0.25, -0.2) is 13.1 Å². The number of aryl methyl sites for hydroxylation is 2. The Morgan fingerprint density at radius 3 is 1.92 bits per heavy atom. The fraction of sp³-hybridized carbons (Fsp3) is 0.167. The van der Waals surface area contributed by atoms with Gasteiger partial charge >= 0.3 is 0 Å². The fourth-order valence-electron chi connectivity index (χ4n) is 4.03. The zero-order valence-corrected chi connectivity index (χ0v) is 23.3. The molecule has 4 atom stereocenters. The van der Waals surface area contributed by atoms with Gasteiger partial charge in [-0.05, 0) is 73.7 Å². The van der Waals surface area contributed by atoms with E-state index in [1.165, 1.54) is 0 Å². The summed E-state index contributed by atoms with van der Waals surface area (Å²) in [6.07, 6.45) is 2.00. The van der Waals surface area contributed by atoms with Crippen LogP contribution in [0.15, 0.2) is 112 Å². The van der Waals surface area contributed by atoms with Gasteiger partial charge in [-0.2, -0.15) is 17.0 Å². The minimum atomic E-state index is -1.49. The van der Waals surface area contributed by atoms with Crippen molar-refractivity contribution in [2.45, 2.75) is 39.8 Å². The molecule has 37 heavy (non-hydrogen) atoms. The van der Waals surface area contributed by atoms with Crippen LogP contribution in [0.4, 0.5) is 0 Å². The van der Waals surface area contributed by atoms with Gasteiger partial charge in [-0.3, -0.25) is 0 Å². The van der Waals surface area contributed by atoms with Crippen LogP contribution in [0, 0.1) is 25.2 Å². The molecule has 188 valence electrons. The zero-order valence-electron chi connectivity index (χ0n) is 20.9. The summed E-state index contributed by atoms with van der Waals surface area (Å²) in [5.74, 6) is 0. The van der Waals surface area contributed by atoms with Crippen LogP contribution in [-0.4, -0.2) is 14.7 Å². The molecule has 2 unspecified atom stereocenters. The van der Waals surface area contributed by atoms with Gasteiger partial charge in [0.25, 0.3) is 0 Å². The van der Waals surface area contributed by atoms with E-state index >= 15 is 0 Å². The maximum Gasteiger partial charge on any atom is 0.125 e. The minimum Gasteiger partial charge on any atom is -0.249 e. The Morgan fingerprint density at radius 1 is 0.784 bits per heavy atom. The standard InChI is InChI=1S/C30H28N2O2S3/c1-21-8-16-25(17-9-21)36(33)28-7-5-4-6-27(28)30(35-3)29(24-14-12-23(20-31)13-15-24)32-37(34)26-18-10-22(2)11-19-26/h4-19,29-30,32H,1-3H3/t29-,30+,36?,37?/m1/s1. The molecule has 0 aliphatic carbocycles. The van der Waals surface area contributed by atoms with Crippen molar-refractivity contribution in [3.63, 3.8) is 0 Å². The summed E-state index contributed by atoms with van der Waals surface area (Å²) < 4.78 is 30.5. The molecule has 0 aliphatic heterocycles. The highest BCUT2D eigenvalue weighted by Gasteiger charge is 2.29. The van der Waals surface area contributed by atoms with E-state index in [-0.39, 0.29) is 11.3 Å². The Kier molecular flexibility index (Phi) is 9.12. The molecule has 4 aromatic carbocycles. The molecule has 0 amide bonds. The monoisotopic (exact) mass is 544 g/mol. The van der Waals surface area contributed by atoms with Crippen LogP contribution in [0.2, 0.25) is 0 Å². The number of hydrogen-bond acceptors (Lipinski definition) is 4. The van der Waals surface area contributed by atoms with Crippen LogP contribution in [0.1, 0.15) is 39.1 Å². The number of nitriles is 1. The molecule has 0 heterocycles. The molecule has 0 radical (unpaired) electrons. The van der Waals surface area contributed by atoms with Crippen molar-refractivity contribution >= 4 is 33.5 Å². The highest BCUT2D eigenvalue weighted by molar-refractivity contribution is 7.99. The van der Waals surface area contributed by atoms with Gasteiger partial charge in [0.15, 0.2) is 0 Å². The molecule has 4 rings (SSSR count). The smallest absolute Gasteiger partial charge is 0.125 e. The molecule has 0 saturated heterocycles. The average molecular weight is 545 g/mol. The number of hydrogen-bond donors (Lipinski definition) is 1. The van der Waals surface area contributed by atoms with Crippen molar-refractivity contribution in [2.24, 2.45) is 0 Å². The molecule has 0 aliphatic rings. The van der Waals surface area contributed by atoms with Crippen LogP contribution < -0.4 is 4.72 Å². The van der Waals surface area contributed by atoms with Crippen LogP contribution in [0.3, 0.4) is 0 Å². The van der Waals surface area contributed by atoms with E-state index in [0.29, 0.717) is 10.5 Å². The lowest BCUT2D eigenvalue weighted by atomic mass is 9.98. The van der Waals surface area contributed by atoms with Gasteiger partial charge in [-0.1, -0.05) is 65.7 Å². The lowest BCUT2D eigenvalue weighted by molar-refractivity contribution is 0.612. The lowest BCUT2D eigenvalue weighted by Crippen LogP contribution is -2.28. The fourth-order valence-corrected chi connectivity index (χ4v) is 7.42. The second-order valence-corrected chi connectivity index (χ2v) is 12.4. The van der Waals surface area contributed by atoms with Crippen molar-refractivity contribution in [2.75, 3.05) is 6.26 Å². The maximum absolute atomic E-state index is 13.7. The molecular formula is C30H28N2O2S3. The van der Waals surface area contributed by atoms with Crippen molar-refractivity contribution in [1.82, 2.24) is 4.72 Å². The summed E-state index contributed by atoms with van der Waals surface area (Å²) >= 11 is 1.61. The summed E-state index contributed by atoms with van der Waals surface area (Å²) in [4.78, 5) is 2.15. The zero-order chi connectivity index (χ0) is 26.4. The van der Waals surface area contributed by atoms with Gasteiger partial charge in [0.1, 0.15) is 11.0 Å². The molecular weight excluding hydrogens is 517 g/mol. The molecule has 0 spiro atoms. The highest BCUT2D eigenvalue weighted by Crippen LogP contribution is 2.42. The Balaban J connectivity index is 1.77. The largest absolute Gasteiger partial charge is 0.249 e. The molecule has 0 bridgehead atoms. The third-order valence-corrected chi connectivity index (χ3v) is 9.76. The molecule has 0 fully saturated rings. The highest BCUT2D eigenvalue weighted by atomic mass is 32.2. The third kappa shape index (κ3) is 6.46. The first-order valence-electron chi connectivity index (χ1n) is 11.8. The Morgan fingerprint density at radius 2 is 1.35 bits per heavy atom. The molecule has 1 N–H and O–H groups in total. The quantitative estimate of drug-likeness (QED) is 0.252. The summed E-state index contributed by atoms with van der Waals surface area (Å²) in [7, 11) is -2.86. The van der Waals surface area contributed by atoms with Crippen LogP contribution in [-0.2, 0) is 21.8 Å². The van der Waals surface area contributed by atoms with Crippen LogP contribution >= 0.6 is 11.8 Å². The second kappa shape index (κ2) is 12.5. The number of benzene rings is 4. The first kappa shape index (κ1) is 27.0. The van der Waals surface area contributed by atoms with E-state index in [4.69, 9.17) is 0 Å². The summed E-state index contributed by atoms with van der Waals surface area (Å²) in [5, 5.41) is 9.09. The summed E-state index contributed by atoms with van der Waals surface area (Å²) in [6, 6.07) is 32.2. The van der Waals surface area contributed by atoms with E-state index in [9.17, 15) is 13.7 Å². The number of nitrogens with zero attached hydrogens (tertiary/aromatic N) is 1. The third-order valence-electron chi connectivity index (χ3n) is 6.08. The average Bonchev–Trinajstić information content (AvgIpc) is 2.93.